The average Bonchev–Trinajstić information content (AvgIpc) is 2.40. The highest BCUT2D eigenvalue weighted by atomic mass is 19.1. The maximum atomic E-state index is 12.7. The largest absolute Gasteiger partial charge is 0.321 e. The molecule has 2 rings (SSSR count). The van der Waals surface area contributed by atoms with Gasteiger partial charge in [0.05, 0.1) is 11.9 Å². The summed E-state index contributed by atoms with van der Waals surface area (Å²) in [7, 11) is 0. The number of nitrogens with one attached hydrogen (secondary N) is 1. The van der Waals surface area contributed by atoms with Gasteiger partial charge in [0.1, 0.15) is 0 Å². The lowest BCUT2D eigenvalue weighted by Crippen LogP contribution is -2.14. The molecule has 0 unspecified atom stereocenters. The number of hydrogen-bond donors (Lipinski definition) is 1. The molecule has 2 aromatic rings. The van der Waals surface area contributed by atoms with Crippen molar-refractivity contribution < 1.29 is 9.18 Å². The van der Waals surface area contributed by atoms with Crippen LogP contribution in [-0.2, 0) is 5.41 Å². The summed E-state index contributed by atoms with van der Waals surface area (Å²) < 4.78 is 12.7. The topological polar surface area (TPSA) is 42.0 Å². The minimum absolute atomic E-state index is 0.0515. The lowest BCUT2D eigenvalue weighted by Gasteiger charge is -2.19. The third kappa shape index (κ3) is 3.41. The fourth-order valence-electron chi connectivity index (χ4n) is 1.77. The Hall–Kier alpha value is -2.23. The van der Waals surface area contributed by atoms with E-state index in [-0.39, 0.29) is 11.3 Å². The maximum Gasteiger partial charge on any atom is 0.255 e. The Morgan fingerprint density at radius 3 is 2.25 bits per heavy atom. The van der Waals surface area contributed by atoms with Crippen LogP contribution in [0.15, 0.2) is 42.6 Å². The van der Waals surface area contributed by atoms with Gasteiger partial charge in [0.2, 0.25) is 5.95 Å². The van der Waals surface area contributed by atoms with E-state index in [1.165, 1.54) is 18.3 Å². The fourth-order valence-corrected chi connectivity index (χ4v) is 1.77. The zero-order valence-corrected chi connectivity index (χ0v) is 11.8. The molecule has 1 aromatic heterocycles. The van der Waals surface area contributed by atoms with E-state index < -0.39 is 5.95 Å². The Labute approximate surface area is 117 Å². The predicted octanol–water partition coefficient (Wildman–Crippen LogP) is 3.77. The molecule has 0 atom stereocenters. The molecule has 1 amide bonds. The highest BCUT2D eigenvalue weighted by Gasteiger charge is 2.14. The molecule has 3 nitrogen and oxygen atoms in total. The van der Waals surface area contributed by atoms with Crippen molar-refractivity contribution in [2.75, 3.05) is 5.32 Å². The van der Waals surface area contributed by atoms with Crippen LogP contribution in [0.4, 0.5) is 10.1 Å². The Morgan fingerprint density at radius 2 is 1.75 bits per heavy atom. The highest BCUT2D eigenvalue weighted by molar-refractivity contribution is 6.04. The lowest BCUT2D eigenvalue weighted by atomic mass is 9.87. The van der Waals surface area contributed by atoms with Crippen LogP contribution in [0.1, 0.15) is 36.7 Å². The molecule has 0 fully saturated rings. The van der Waals surface area contributed by atoms with Gasteiger partial charge in [0, 0.05) is 5.56 Å². The Bertz CT molecular complexity index is 598. The molecule has 104 valence electrons. The quantitative estimate of drug-likeness (QED) is 0.845. The van der Waals surface area contributed by atoms with E-state index in [1.54, 1.807) is 12.1 Å². The minimum atomic E-state index is -0.572. The summed E-state index contributed by atoms with van der Waals surface area (Å²) in [6, 6.07) is 10.1. The van der Waals surface area contributed by atoms with E-state index in [2.05, 4.69) is 31.1 Å². The summed E-state index contributed by atoms with van der Waals surface area (Å²) in [6.45, 7) is 6.35. The van der Waals surface area contributed by atoms with Gasteiger partial charge in [-0.3, -0.25) is 4.79 Å². The highest BCUT2D eigenvalue weighted by Crippen LogP contribution is 2.22. The van der Waals surface area contributed by atoms with Crippen molar-refractivity contribution >= 4 is 11.6 Å². The number of nitrogens with zero attached hydrogens (tertiary/aromatic N) is 1. The number of hydrogen-bond acceptors (Lipinski definition) is 2. The van der Waals surface area contributed by atoms with Gasteiger partial charge in [0.15, 0.2) is 0 Å². The van der Waals surface area contributed by atoms with Crippen LogP contribution in [0.25, 0.3) is 0 Å². The van der Waals surface area contributed by atoms with E-state index >= 15 is 0 Å². The molecule has 0 aliphatic carbocycles. The standard InChI is InChI=1S/C16H17FN2O/c1-16(2,3)12-6-4-11(5-7-12)15(20)19-13-8-9-14(17)18-10-13/h4-10H,1-3H3,(H,19,20). The SMILES string of the molecule is CC(C)(C)c1ccc(C(=O)Nc2ccc(F)nc2)cc1. The number of carbonyl (C=O) groups is 1. The molecule has 0 saturated carbocycles. The summed E-state index contributed by atoms with van der Waals surface area (Å²) in [5.74, 6) is -0.809. The summed E-state index contributed by atoms with van der Waals surface area (Å²) >= 11 is 0. The molecule has 0 spiro atoms. The summed E-state index contributed by atoms with van der Waals surface area (Å²) in [4.78, 5) is 15.5. The van der Waals surface area contributed by atoms with Gasteiger partial charge >= 0.3 is 0 Å². The predicted molar refractivity (Wildman–Crippen MR) is 77.3 cm³/mol. The van der Waals surface area contributed by atoms with Crippen molar-refractivity contribution in [3.05, 3.63) is 59.7 Å². The normalized spacial score (nSPS) is 11.2. The van der Waals surface area contributed by atoms with Gasteiger partial charge in [-0.2, -0.15) is 4.39 Å². The number of carbonyl (C=O) groups excluding carboxylic acids is 1. The number of benzene rings is 1. The van der Waals surface area contributed by atoms with Gasteiger partial charge in [-0.1, -0.05) is 32.9 Å². The van der Waals surface area contributed by atoms with Crippen LogP contribution in [-0.4, -0.2) is 10.9 Å². The molecule has 0 aliphatic heterocycles. The van der Waals surface area contributed by atoms with Crippen molar-refractivity contribution in [3.63, 3.8) is 0 Å². The number of halogens is 1. The number of aromatic nitrogens is 1. The second-order valence-electron chi connectivity index (χ2n) is 5.65. The van der Waals surface area contributed by atoms with Gasteiger partial charge in [-0.15, -0.1) is 0 Å². The third-order valence-corrected chi connectivity index (χ3v) is 3.00. The van der Waals surface area contributed by atoms with Crippen molar-refractivity contribution in [2.24, 2.45) is 0 Å². The number of pyridine rings is 1. The zero-order valence-electron chi connectivity index (χ0n) is 11.8. The average molecular weight is 272 g/mol. The second-order valence-corrected chi connectivity index (χ2v) is 5.65. The summed E-state index contributed by atoms with van der Waals surface area (Å²) in [5, 5.41) is 2.68. The molecule has 1 heterocycles. The molecule has 0 bridgehead atoms. The van der Waals surface area contributed by atoms with E-state index in [9.17, 15) is 9.18 Å². The molecule has 0 radical (unpaired) electrons. The molecule has 1 aromatic carbocycles. The lowest BCUT2D eigenvalue weighted by molar-refractivity contribution is 0.102. The fraction of sp³-hybridized carbons (Fsp3) is 0.250. The second kappa shape index (κ2) is 5.41. The van der Waals surface area contributed by atoms with Crippen LogP contribution in [0.2, 0.25) is 0 Å². The molecule has 4 heteroatoms. The minimum Gasteiger partial charge on any atom is -0.321 e. The van der Waals surface area contributed by atoms with Gasteiger partial charge in [0.25, 0.3) is 5.91 Å². The van der Waals surface area contributed by atoms with Crippen molar-refractivity contribution in [1.29, 1.82) is 0 Å². The van der Waals surface area contributed by atoms with E-state index in [0.29, 0.717) is 11.3 Å². The van der Waals surface area contributed by atoms with Gasteiger partial charge < -0.3 is 5.32 Å². The van der Waals surface area contributed by atoms with Crippen LogP contribution in [0.5, 0.6) is 0 Å². The van der Waals surface area contributed by atoms with Crippen LogP contribution >= 0.6 is 0 Å². The number of rotatable bonds is 2. The van der Waals surface area contributed by atoms with Gasteiger partial charge in [-0.05, 0) is 35.2 Å². The summed E-state index contributed by atoms with van der Waals surface area (Å²) in [6.07, 6.45) is 1.29. The maximum absolute atomic E-state index is 12.7. The number of amides is 1. The monoisotopic (exact) mass is 272 g/mol. The van der Waals surface area contributed by atoms with Crippen LogP contribution in [0, 0.1) is 5.95 Å². The van der Waals surface area contributed by atoms with E-state index in [0.717, 1.165) is 5.56 Å². The van der Waals surface area contributed by atoms with Crippen molar-refractivity contribution in [2.45, 2.75) is 26.2 Å². The Morgan fingerprint density at radius 1 is 1.10 bits per heavy atom. The Kier molecular flexibility index (Phi) is 3.84. The molecule has 20 heavy (non-hydrogen) atoms. The first-order valence-corrected chi connectivity index (χ1v) is 6.40. The molecule has 0 aliphatic rings. The van der Waals surface area contributed by atoms with E-state index in [1.807, 2.05) is 12.1 Å². The molecule has 0 saturated heterocycles. The molecule has 1 N–H and O–H groups in total. The Balaban J connectivity index is 2.11. The van der Waals surface area contributed by atoms with Gasteiger partial charge in [-0.25, -0.2) is 4.98 Å². The van der Waals surface area contributed by atoms with Crippen molar-refractivity contribution in [3.8, 4) is 0 Å². The third-order valence-electron chi connectivity index (χ3n) is 3.00. The van der Waals surface area contributed by atoms with Crippen molar-refractivity contribution in [1.82, 2.24) is 4.98 Å². The summed E-state index contributed by atoms with van der Waals surface area (Å²) in [5.41, 5.74) is 2.24. The molecular formula is C16H17FN2O. The zero-order chi connectivity index (χ0) is 14.8. The van der Waals surface area contributed by atoms with Crippen LogP contribution in [0.3, 0.4) is 0 Å². The van der Waals surface area contributed by atoms with Crippen LogP contribution < -0.4 is 5.32 Å². The first-order valence-electron chi connectivity index (χ1n) is 6.40. The first-order chi connectivity index (χ1) is 9.36. The smallest absolute Gasteiger partial charge is 0.255 e. The molecular weight excluding hydrogens is 255 g/mol. The first kappa shape index (κ1) is 14.2. The van der Waals surface area contributed by atoms with E-state index in [4.69, 9.17) is 0 Å². The number of anilines is 1.